The van der Waals surface area contributed by atoms with E-state index in [1.807, 2.05) is 18.7 Å². The first-order valence-electron chi connectivity index (χ1n) is 7.49. The van der Waals surface area contributed by atoms with E-state index in [1.54, 1.807) is 30.5 Å². The molecule has 1 aromatic carbocycles. The maximum absolute atomic E-state index is 12.7. The Hall–Kier alpha value is -2.05. The highest BCUT2D eigenvalue weighted by Gasteiger charge is 2.26. The van der Waals surface area contributed by atoms with Crippen molar-refractivity contribution in [2.24, 2.45) is 0 Å². The summed E-state index contributed by atoms with van der Waals surface area (Å²) in [6, 6.07) is 6.74. The Labute approximate surface area is 147 Å². The van der Waals surface area contributed by atoms with Crippen molar-refractivity contribution < 1.29 is 8.42 Å². The van der Waals surface area contributed by atoms with Gasteiger partial charge in [-0.1, -0.05) is 24.2 Å². The van der Waals surface area contributed by atoms with Crippen LogP contribution in [0, 0.1) is 6.92 Å². The number of aryl methyl sites for hydroxylation is 1. The number of allylic oxidation sites excluding steroid dienone is 1. The van der Waals surface area contributed by atoms with Crippen LogP contribution in [0.4, 0.5) is 11.5 Å². The van der Waals surface area contributed by atoms with Crippen LogP contribution < -0.4 is 9.62 Å². The number of hydrogen-bond acceptors (Lipinski definition) is 4. The summed E-state index contributed by atoms with van der Waals surface area (Å²) in [5.41, 5.74) is 3.68. The molecule has 1 aliphatic rings. The second-order valence-corrected chi connectivity index (χ2v) is 7.93. The highest BCUT2D eigenvalue weighted by atomic mass is 35.5. The molecule has 0 bridgehead atoms. The van der Waals surface area contributed by atoms with Crippen molar-refractivity contribution in [3.05, 3.63) is 58.9 Å². The lowest BCUT2D eigenvalue weighted by Crippen LogP contribution is -2.18. The number of nitrogens with zero attached hydrogens (tertiary/aromatic N) is 2. The smallest absolute Gasteiger partial charge is 0.264 e. The van der Waals surface area contributed by atoms with E-state index < -0.39 is 10.0 Å². The minimum Gasteiger partial charge on any atom is -0.345 e. The Kier molecular flexibility index (Phi) is 4.27. The summed E-state index contributed by atoms with van der Waals surface area (Å²) in [5, 5.41) is 0.205. The number of pyridine rings is 1. The van der Waals surface area contributed by atoms with Crippen LogP contribution in [0.25, 0.3) is 0 Å². The summed E-state index contributed by atoms with van der Waals surface area (Å²) >= 11 is 6.23. The molecule has 2 aromatic rings. The van der Waals surface area contributed by atoms with Gasteiger partial charge in [0.05, 0.1) is 5.02 Å². The predicted molar refractivity (Wildman–Crippen MR) is 97.1 cm³/mol. The maximum atomic E-state index is 12.7. The maximum Gasteiger partial charge on any atom is 0.264 e. The van der Waals surface area contributed by atoms with E-state index in [0.29, 0.717) is 0 Å². The molecule has 0 atom stereocenters. The lowest BCUT2D eigenvalue weighted by atomic mass is 10.2. The Morgan fingerprint density at radius 2 is 2.12 bits per heavy atom. The quantitative estimate of drug-likeness (QED) is 0.898. The molecule has 0 radical (unpaired) electrons. The number of benzene rings is 1. The minimum atomic E-state index is -3.83. The normalized spacial score (nSPS) is 13.7. The van der Waals surface area contributed by atoms with Crippen LogP contribution in [-0.4, -0.2) is 19.9 Å². The van der Waals surface area contributed by atoms with Crippen molar-refractivity contribution in [1.29, 1.82) is 0 Å². The van der Waals surface area contributed by atoms with Gasteiger partial charge in [-0.3, -0.25) is 4.72 Å². The van der Waals surface area contributed by atoms with Gasteiger partial charge in [-0.05, 0) is 49.6 Å². The summed E-state index contributed by atoms with van der Waals surface area (Å²) in [6.45, 7) is 8.50. The first-order chi connectivity index (χ1) is 11.3. The van der Waals surface area contributed by atoms with Crippen LogP contribution in [0.1, 0.15) is 18.1 Å². The fourth-order valence-electron chi connectivity index (χ4n) is 2.71. The molecule has 0 amide bonds. The monoisotopic (exact) mass is 363 g/mol. The summed E-state index contributed by atoms with van der Waals surface area (Å²) in [4.78, 5) is 6.11. The van der Waals surface area contributed by atoms with E-state index in [2.05, 4.69) is 16.3 Å². The van der Waals surface area contributed by atoms with Crippen LogP contribution >= 0.6 is 11.6 Å². The summed E-state index contributed by atoms with van der Waals surface area (Å²) < 4.78 is 27.9. The Morgan fingerprint density at radius 1 is 1.38 bits per heavy atom. The van der Waals surface area contributed by atoms with Crippen molar-refractivity contribution in [3.8, 4) is 0 Å². The Morgan fingerprint density at radius 3 is 2.75 bits per heavy atom. The van der Waals surface area contributed by atoms with Gasteiger partial charge in [0.25, 0.3) is 10.0 Å². The second-order valence-electron chi connectivity index (χ2n) is 5.87. The highest BCUT2D eigenvalue weighted by molar-refractivity contribution is 7.92. The average molecular weight is 364 g/mol. The van der Waals surface area contributed by atoms with Gasteiger partial charge >= 0.3 is 0 Å². The van der Waals surface area contributed by atoms with E-state index >= 15 is 0 Å². The van der Waals surface area contributed by atoms with E-state index in [1.165, 1.54) is 0 Å². The van der Waals surface area contributed by atoms with Gasteiger partial charge in [-0.2, -0.15) is 0 Å². The molecule has 0 saturated carbocycles. The molecule has 0 spiro atoms. The largest absolute Gasteiger partial charge is 0.345 e. The number of hydrogen-bond donors (Lipinski definition) is 1. The first kappa shape index (κ1) is 16.8. The molecule has 5 nitrogen and oxygen atoms in total. The molecule has 3 rings (SSSR count). The van der Waals surface area contributed by atoms with Gasteiger partial charge in [0.1, 0.15) is 10.7 Å². The molecule has 7 heteroatoms. The third-order valence-corrected chi connectivity index (χ3v) is 5.75. The summed E-state index contributed by atoms with van der Waals surface area (Å²) in [7, 11) is -3.83. The first-order valence-corrected chi connectivity index (χ1v) is 9.35. The van der Waals surface area contributed by atoms with Crippen LogP contribution in [0.2, 0.25) is 5.02 Å². The molecular weight excluding hydrogens is 346 g/mol. The standard InChI is InChI=1S/C17H18ClN3O2S/c1-11(2)21-7-6-13-8-14(18)16(9-15(13)21)24(22,23)20-17-5-4-12(3)10-19-17/h4-5,8-10H,1,6-7H2,2-3H3,(H,19,20). The van der Waals surface area contributed by atoms with Crippen molar-refractivity contribution in [2.45, 2.75) is 25.2 Å². The SMILES string of the molecule is C=C(C)N1CCc2cc(Cl)c(S(=O)(=O)Nc3ccc(C)cn3)cc21. The Bertz CT molecular complexity index is 908. The van der Waals surface area contributed by atoms with Gasteiger partial charge in [0, 0.05) is 24.1 Å². The number of rotatable bonds is 4. The van der Waals surface area contributed by atoms with Crippen molar-refractivity contribution in [3.63, 3.8) is 0 Å². The van der Waals surface area contributed by atoms with E-state index in [4.69, 9.17) is 11.6 Å². The van der Waals surface area contributed by atoms with Crippen LogP contribution in [0.3, 0.4) is 0 Å². The Balaban J connectivity index is 2.00. The predicted octanol–water partition coefficient (Wildman–Crippen LogP) is 3.74. The average Bonchev–Trinajstić information content (AvgIpc) is 2.91. The van der Waals surface area contributed by atoms with Gasteiger partial charge in [0.15, 0.2) is 0 Å². The number of anilines is 2. The summed E-state index contributed by atoms with van der Waals surface area (Å²) in [5.74, 6) is 0.258. The minimum absolute atomic E-state index is 0.0402. The van der Waals surface area contributed by atoms with Gasteiger partial charge in [-0.15, -0.1) is 0 Å². The molecule has 1 aromatic heterocycles. The van der Waals surface area contributed by atoms with Crippen LogP contribution in [-0.2, 0) is 16.4 Å². The van der Waals surface area contributed by atoms with Crippen molar-refractivity contribution in [2.75, 3.05) is 16.2 Å². The molecule has 24 heavy (non-hydrogen) atoms. The zero-order valence-corrected chi connectivity index (χ0v) is 15.1. The van der Waals surface area contributed by atoms with E-state index in [0.717, 1.165) is 35.5 Å². The van der Waals surface area contributed by atoms with Gasteiger partial charge in [-0.25, -0.2) is 13.4 Å². The molecule has 0 saturated heterocycles. The zero-order chi connectivity index (χ0) is 17.5. The molecule has 0 fully saturated rings. The number of nitrogens with one attached hydrogen (secondary N) is 1. The fraction of sp³-hybridized carbons (Fsp3) is 0.235. The lowest BCUT2D eigenvalue weighted by Gasteiger charge is -2.20. The molecule has 126 valence electrons. The van der Waals surface area contributed by atoms with Gasteiger partial charge < -0.3 is 4.90 Å². The fourth-order valence-corrected chi connectivity index (χ4v) is 4.29. The topological polar surface area (TPSA) is 62.3 Å². The molecule has 0 aliphatic carbocycles. The molecular formula is C17H18ClN3O2S. The van der Waals surface area contributed by atoms with Crippen LogP contribution in [0.15, 0.2) is 47.6 Å². The lowest BCUT2D eigenvalue weighted by molar-refractivity contribution is 0.601. The van der Waals surface area contributed by atoms with Gasteiger partial charge in [0.2, 0.25) is 0 Å². The zero-order valence-electron chi connectivity index (χ0n) is 13.5. The molecule has 1 N–H and O–H groups in total. The number of sulfonamides is 1. The van der Waals surface area contributed by atoms with E-state index in [-0.39, 0.29) is 15.7 Å². The number of aromatic nitrogens is 1. The third kappa shape index (κ3) is 3.12. The van der Waals surface area contributed by atoms with Crippen LogP contribution in [0.5, 0.6) is 0 Å². The summed E-state index contributed by atoms with van der Waals surface area (Å²) in [6.07, 6.45) is 2.42. The molecule has 0 unspecified atom stereocenters. The number of fused-ring (bicyclic) bond motifs is 1. The van der Waals surface area contributed by atoms with Crippen molar-refractivity contribution >= 4 is 33.1 Å². The van der Waals surface area contributed by atoms with E-state index in [9.17, 15) is 8.42 Å². The molecule has 2 heterocycles. The second kappa shape index (κ2) is 6.11. The van der Waals surface area contributed by atoms with Crippen molar-refractivity contribution in [1.82, 2.24) is 4.98 Å². The third-order valence-electron chi connectivity index (χ3n) is 3.93. The highest BCUT2D eigenvalue weighted by Crippen LogP contribution is 2.37. The number of halogens is 1. The molecule has 1 aliphatic heterocycles.